The van der Waals surface area contributed by atoms with E-state index in [1.54, 1.807) is 6.07 Å². The van der Waals surface area contributed by atoms with Crippen molar-refractivity contribution in [2.24, 2.45) is 5.73 Å². The third-order valence-corrected chi connectivity index (χ3v) is 3.47. The molecule has 21 heavy (non-hydrogen) atoms. The first-order valence-electron chi connectivity index (χ1n) is 7.31. The Labute approximate surface area is 132 Å². The lowest BCUT2D eigenvalue weighted by Gasteiger charge is -2.18. The minimum Gasteiger partial charge on any atom is -0.352 e. The predicted octanol–water partition coefficient (Wildman–Crippen LogP) is 3.37. The Morgan fingerprint density at radius 2 is 2.14 bits per heavy atom. The molecule has 0 saturated heterocycles. The van der Waals surface area contributed by atoms with E-state index in [9.17, 15) is 9.18 Å². The molecule has 1 rings (SSSR count). The second-order valence-electron chi connectivity index (χ2n) is 5.30. The van der Waals surface area contributed by atoms with Gasteiger partial charge in [-0.1, -0.05) is 38.8 Å². The van der Waals surface area contributed by atoms with Gasteiger partial charge in [0, 0.05) is 19.0 Å². The molecule has 1 aromatic rings. The van der Waals surface area contributed by atoms with Crippen molar-refractivity contribution in [2.45, 2.75) is 51.5 Å². The van der Waals surface area contributed by atoms with Crippen molar-refractivity contribution >= 4 is 18.3 Å². The van der Waals surface area contributed by atoms with Gasteiger partial charge in [-0.15, -0.1) is 12.4 Å². The molecule has 0 radical (unpaired) electrons. The van der Waals surface area contributed by atoms with Gasteiger partial charge in [0.2, 0.25) is 5.91 Å². The number of amides is 1. The topological polar surface area (TPSA) is 55.1 Å². The minimum atomic E-state index is -0.266. The zero-order valence-electron chi connectivity index (χ0n) is 12.8. The van der Waals surface area contributed by atoms with E-state index in [0.717, 1.165) is 24.8 Å². The number of nitrogens with one attached hydrogen (secondary N) is 1. The van der Waals surface area contributed by atoms with Crippen molar-refractivity contribution in [1.29, 1.82) is 0 Å². The van der Waals surface area contributed by atoms with Crippen LogP contribution in [0, 0.1) is 5.82 Å². The Kier molecular flexibility index (Phi) is 10.0. The number of benzene rings is 1. The fraction of sp³-hybridized carbons (Fsp3) is 0.562. The van der Waals surface area contributed by atoms with Crippen LogP contribution >= 0.6 is 12.4 Å². The van der Waals surface area contributed by atoms with Gasteiger partial charge in [-0.05, 0) is 30.0 Å². The lowest BCUT2D eigenvalue weighted by atomic mass is 9.97. The van der Waals surface area contributed by atoms with Gasteiger partial charge in [0.25, 0.3) is 0 Å². The van der Waals surface area contributed by atoms with Crippen LogP contribution in [0.4, 0.5) is 4.39 Å². The maximum absolute atomic E-state index is 13.2. The molecule has 0 saturated carbocycles. The van der Waals surface area contributed by atoms with Crippen LogP contribution in [-0.2, 0) is 4.79 Å². The van der Waals surface area contributed by atoms with E-state index in [4.69, 9.17) is 5.73 Å². The Morgan fingerprint density at radius 3 is 2.71 bits per heavy atom. The zero-order chi connectivity index (χ0) is 15.0. The molecule has 2 unspecified atom stereocenters. The lowest BCUT2D eigenvalue weighted by molar-refractivity contribution is -0.122. The van der Waals surface area contributed by atoms with Gasteiger partial charge in [0.05, 0.1) is 0 Å². The molecule has 5 heteroatoms. The van der Waals surface area contributed by atoms with Gasteiger partial charge in [-0.3, -0.25) is 4.79 Å². The van der Waals surface area contributed by atoms with E-state index in [2.05, 4.69) is 12.2 Å². The van der Waals surface area contributed by atoms with E-state index < -0.39 is 0 Å². The molecule has 3 nitrogen and oxygen atoms in total. The second kappa shape index (κ2) is 10.6. The molecule has 0 fully saturated rings. The van der Waals surface area contributed by atoms with Crippen LogP contribution < -0.4 is 11.1 Å². The number of carbonyl (C=O) groups excluding carboxylic acids is 1. The van der Waals surface area contributed by atoms with Crippen LogP contribution in [-0.4, -0.2) is 18.5 Å². The minimum absolute atomic E-state index is 0. The van der Waals surface area contributed by atoms with Gasteiger partial charge in [0.1, 0.15) is 5.82 Å². The summed E-state index contributed by atoms with van der Waals surface area (Å²) in [5.41, 5.74) is 6.50. The summed E-state index contributed by atoms with van der Waals surface area (Å²) in [6, 6.07) is 6.45. The Hall–Kier alpha value is -1.13. The molecular formula is C16H26ClFN2O. The highest BCUT2D eigenvalue weighted by Gasteiger charge is 2.15. The van der Waals surface area contributed by atoms with E-state index in [1.807, 2.05) is 13.0 Å². The van der Waals surface area contributed by atoms with Crippen LogP contribution in [0.5, 0.6) is 0 Å². The first kappa shape index (κ1) is 19.9. The molecule has 0 aromatic heterocycles. The number of hydrogen-bond donors (Lipinski definition) is 2. The van der Waals surface area contributed by atoms with Crippen LogP contribution in [0.3, 0.4) is 0 Å². The molecule has 0 aliphatic carbocycles. The Balaban J connectivity index is 0.00000400. The fourth-order valence-electron chi connectivity index (χ4n) is 2.20. The third kappa shape index (κ3) is 7.44. The van der Waals surface area contributed by atoms with Crippen molar-refractivity contribution in [3.63, 3.8) is 0 Å². The monoisotopic (exact) mass is 316 g/mol. The second-order valence-corrected chi connectivity index (χ2v) is 5.30. The Bertz CT molecular complexity index is 428. The molecule has 120 valence electrons. The summed E-state index contributed by atoms with van der Waals surface area (Å²) in [7, 11) is 0. The van der Waals surface area contributed by atoms with Crippen LogP contribution in [0.1, 0.15) is 51.0 Å². The van der Waals surface area contributed by atoms with Crippen LogP contribution in [0.15, 0.2) is 24.3 Å². The largest absolute Gasteiger partial charge is 0.352 e. The fourth-order valence-corrected chi connectivity index (χ4v) is 2.20. The van der Waals surface area contributed by atoms with Crippen molar-refractivity contribution in [1.82, 2.24) is 5.32 Å². The van der Waals surface area contributed by atoms with Crippen molar-refractivity contribution in [2.75, 3.05) is 6.54 Å². The summed E-state index contributed by atoms with van der Waals surface area (Å²) in [5, 5.41) is 2.96. The number of carbonyl (C=O) groups is 1. The Morgan fingerprint density at radius 1 is 1.43 bits per heavy atom. The van der Waals surface area contributed by atoms with Gasteiger partial charge >= 0.3 is 0 Å². The zero-order valence-corrected chi connectivity index (χ0v) is 13.6. The van der Waals surface area contributed by atoms with E-state index in [-0.39, 0.29) is 36.1 Å². The summed E-state index contributed by atoms with van der Waals surface area (Å²) >= 11 is 0. The van der Waals surface area contributed by atoms with E-state index >= 15 is 0 Å². The highest BCUT2D eigenvalue weighted by atomic mass is 35.5. The van der Waals surface area contributed by atoms with Crippen LogP contribution in [0.2, 0.25) is 0 Å². The highest BCUT2D eigenvalue weighted by Crippen LogP contribution is 2.19. The maximum Gasteiger partial charge on any atom is 0.220 e. The van der Waals surface area contributed by atoms with Crippen molar-refractivity contribution in [3.05, 3.63) is 35.6 Å². The number of halogens is 2. The standard InChI is InChI=1S/C16H25FN2O.ClH/c1-3-4-8-15(11-18)19-16(20)9-12(2)13-6-5-7-14(17)10-13;/h5-7,10,12,15H,3-4,8-9,11,18H2,1-2H3,(H,19,20);1H. The summed E-state index contributed by atoms with van der Waals surface area (Å²) in [5.74, 6) is -0.291. The average molecular weight is 317 g/mol. The summed E-state index contributed by atoms with van der Waals surface area (Å²) in [4.78, 5) is 12.0. The van der Waals surface area contributed by atoms with Crippen molar-refractivity contribution in [3.8, 4) is 0 Å². The smallest absolute Gasteiger partial charge is 0.220 e. The maximum atomic E-state index is 13.2. The van der Waals surface area contributed by atoms with Crippen LogP contribution in [0.25, 0.3) is 0 Å². The van der Waals surface area contributed by atoms with Gasteiger partial charge in [-0.2, -0.15) is 0 Å². The van der Waals surface area contributed by atoms with Gasteiger partial charge in [-0.25, -0.2) is 4.39 Å². The first-order valence-corrected chi connectivity index (χ1v) is 7.31. The summed E-state index contributed by atoms with van der Waals surface area (Å²) in [6.45, 7) is 4.50. The predicted molar refractivity (Wildman–Crippen MR) is 87.2 cm³/mol. The van der Waals surface area contributed by atoms with Gasteiger partial charge in [0.15, 0.2) is 0 Å². The quantitative estimate of drug-likeness (QED) is 0.772. The molecule has 0 aliphatic heterocycles. The highest BCUT2D eigenvalue weighted by molar-refractivity contribution is 5.85. The molecule has 0 heterocycles. The molecule has 2 atom stereocenters. The first-order chi connectivity index (χ1) is 9.56. The number of rotatable bonds is 8. The average Bonchev–Trinajstić information content (AvgIpc) is 2.43. The molecule has 0 spiro atoms. The number of nitrogens with two attached hydrogens (primary N) is 1. The van der Waals surface area contributed by atoms with E-state index in [0.29, 0.717) is 13.0 Å². The third-order valence-electron chi connectivity index (χ3n) is 3.47. The molecule has 1 aromatic carbocycles. The molecular weight excluding hydrogens is 291 g/mol. The van der Waals surface area contributed by atoms with Crippen molar-refractivity contribution < 1.29 is 9.18 Å². The number of hydrogen-bond acceptors (Lipinski definition) is 2. The SMILES string of the molecule is CCCCC(CN)NC(=O)CC(C)c1cccc(F)c1.Cl. The van der Waals surface area contributed by atoms with E-state index in [1.165, 1.54) is 12.1 Å². The number of unbranched alkanes of at least 4 members (excludes halogenated alkanes) is 1. The molecule has 3 N–H and O–H groups in total. The lowest BCUT2D eigenvalue weighted by Crippen LogP contribution is -2.40. The van der Waals surface area contributed by atoms with Gasteiger partial charge < -0.3 is 11.1 Å². The normalized spacial score (nSPS) is 13.1. The molecule has 0 aliphatic rings. The summed E-state index contributed by atoms with van der Waals surface area (Å²) in [6.07, 6.45) is 3.41. The molecule has 0 bridgehead atoms. The molecule has 1 amide bonds. The summed E-state index contributed by atoms with van der Waals surface area (Å²) < 4.78 is 13.2.